The number of nitrogens with one attached hydrogen (secondary N) is 1. The SMILES string of the molecule is Oc1ccc(CNc2ccc(F)c(F)c2)nc1. The van der Waals surface area contributed by atoms with Crippen molar-refractivity contribution in [3.63, 3.8) is 0 Å². The van der Waals surface area contributed by atoms with E-state index in [0.717, 1.165) is 12.1 Å². The molecule has 0 saturated carbocycles. The van der Waals surface area contributed by atoms with E-state index < -0.39 is 11.6 Å². The minimum Gasteiger partial charge on any atom is -0.506 e. The topological polar surface area (TPSA) is 45.1 Å². The second-order valence-corrected chi connectivity index (χ2v) is 3.49. The first-order valence-electron chi connectivity index (χ1n) is 4.98. The summed E-state index contributed by atoms with van der Waals surface area (Å²) in [6.45, 7) is 0.366. The lowest BCUT2D eigenvalue weighted by Gasteiger charge is -2.06. The van der Waals surface area contributed by atoms with Crippen LogP contribution in [0.15, 0.2) is 36.5 Å². The first kappa shape index (κ1) is 11.3. The maximum atomic E-state index is 12.9. The molecule has 1 aromatic carbocycles. The summed E-state index contributed by atoms with van der Waals surface area (Å²) in [4.78, 5) is 3.95. The number of benzene rings is 1. The summed E-state index contributed by atoms with van der Waals surface area (Å²) >= 11 is 0. The van der Waals surface area contributed by atoms with Crippen molar-refractivity contribution in [2.24, 2.45) is 0 Å². The summed E-state index contributed by atoms with van der Waals surface area (Å²) in [6, 6.07) is 6.73. The number of hydrogen-bond acceptors (Lipinski definition) is 3. The minimum atomic E-state index is -0.895. The average Bonchev–Trinajstić information content (AvgIpc) is 2.33. The second-order valence-electron chi connectivity index (χ2n) is 3.49. The molecule has 3 nitrogen and oxygen atoms in total. The van der Waals surface area contributed by atoms with Crippen LogP contribution in [0.3, 0.4) is 0 Å². The molecule has 88 valence electrons. The van der Waals surface area contributed by atoms with Gasteiger partial charge >= 0.3 is 0 Å². The Morgan fingerprint density at radius 3 is 2.59 bits per heavy atom. The van der Waals surface area contributed by atoms with Crippen LogP contribution in [-0.2, 0) is 6.54 Å². The molecular formula is C12H10F2N2O. The molecule has 0 saturated heterocycles. The Morgan fingerprint density at radius 1 is 1.12 bits per heavy atom. The summed E-state index contributed by atoms with van der Waals surface area (Å²) in [5, 5.41) is 11.9. The molecule has 2 aromatic rings. The third kappa shape index (κ3) is 2.90. The third-order valence-electron chi connectivity index (χ3n) is 2.20. The number of nitrogens with zero attached hydrogens (tertiary/aromatic N) is 1. The van der Waals surface area contributed by atoms with Crippen LogP contribution in [0.1, 0.15) is 5.69 Å². The van der Waals surface area contributed by atoms with Gasteiger partial charge in [-0.3, -0.25) is 4.98 Å². The van der Waals surface area contributed by atoms with Gasteiger partial charge in [0.25, 0.3) is 0 Å². The minimum absolute atomic E-state index is 0.0848. The van der Waals surface area contributed by atoms with Gasteiger partial charge in [0.2, 0.25) is 0 Å². The van der Waals surface area contributed by atoms with Gasteiger partial charge in [0, 0.05) is 11.8 Å². The Balaban J connectivity index is 2.02. The lowest BCUT2D eigenvalue weighted by molar-refractivity contribution is 0.472. The highest BCUT2D eigenvalue weighted by atomic mass is 19.2. The fraction of sp³-hybridized carbons (Fsp3) is 0.0833. The summed E-state index contributed by atoms with van der Waals surface area (Å²) in [5.41, 5.74) is 1.16. The molecule has 0 aliphatic carbocycles. The predicted octanol–water partition coefficient (Wildman–Crippen LogP) is 2.68. The van der Waals surface area contributed by atoms with E-state index in [1.54, 1.807) is 6.07 Å². The van der Waals surface area contributed by atoms with Gasteiger partial charge in [-0.1, -0.05) is 0 Å². The number of pyridine rings is 1. The van der Waals surface area contributed by atoms with E-state index in [-0.39, 0.29) is 5.75 Å². The van der Waals surface area contributed by atoms with E-state index in [2.05, 4.69) is 10.3 Å². The Morgan fingerprint density at radius 2 is 1.94 bits per heavy atom. The van der Waals surface area contributed by atoms with Gasteiger partial charge in [0.1, 0.15) is 5.75 Å². The van der Waals surface area contributed by atoms with Crippen molar-refractivity contribution in [1.29, 1.82) is 0 Å². The van der Waals surface area contributed by atoms with Gasteiger partial charge in [-0.05, 0) is 24.3 Å². The molecule has 5 heteroatoms. The van der Waals surface area contributed by atoms with Crippen LogP contribution < -0.4 is 5.32 Å². The normalized spacial score (nSPS) is 10.2. The molecule has 0 radical (unpaired) electrons. The quantitative estimate of drug-likeness (QED) is 0.861. The molecule has 1 aromatic heterocycles. The molecule has 0 aliphatic rings. The molecule has 1 heterocycles. The van der Waals surface area contributed by atoms with Crippen molar-refractivity contribution in [1.82, 2.24) is 4.98 Å². The van der Waals surface area contributed by atoms with Crippen molar-refractivity contribution < 1.29 is 13.9 Å². The number of hydrogen-bond donors (Lipinski definition) is 2. The predicted molar refractivity (Wildman–Crippen MR) is 59.6 cm³/mol. The van der Waals surface area contributed by atoms with Crippen molar-refractivity contribution in [2.45, 2.75) is 6.54 Å². The van der Waals surface area contributed by atoms with E-state index in [4.69, 9.17) is 5.11 Å². The highest BCUT2D eigenvalue weighted by Gasteiger charge is 2.02. The second kappa shape index (κ2) is 4.78. The van der Waals surface area contributed by atoms with Crippen LogP contribution in [0, 0.1) is 11.6 Å². The van der Waals surface area contributed by atoms with Crippen LogP contribution in [-0.4, -0.2) is 10.1 Å². The summed E-state index contributed by atoms with van der Waals surface area (Å²) in [6.07, 6.45) is 1.32. The fourth-order valence-corrected chi connectivity index (χ4v) is 1.32. The first-order valence-corrected chi connectivity index (χ1v) is 4.98. The zero-order chi connectivity index (χ0) is 12.3. The molecule has 0 atom stereocenters. The van der Waals surface area contributed by atoms with Gasteiger partial charge in [0.15, 0.2) is 11.6 Å². The van der Waals surface area contributed by atoms with Crippen molar-refractivity contribution >= 4 is 5.69 Å². The largest absolute Gasteiger partial charge is 0.506 e. The molecule has 0 unspecified atom stereocenters. The Labute approximate surface area is 96.7 Å². The molecule has 2 N–H and O–H groups in total. The molecule has 0 fully saturated rings. The van der Waals surface area contributed by atoms with E-state index in [0.29, 0.717) is 17.9 Å². The number of aromatic hydroxyl groups is 1. The Kier molecular flexibility index (Phi) is 3.18. The summed E-state index contributed by atoms with van der Waals surface area (Å²) < 4.78 is 25.6. The van der Waals surface area contributed by atoms with Crippen molar-refractivity contribution in [3.05, 3.63) is 53.9 Å². The molecule has 0 spiro atoms. The van der Waals surface area contributed by atoms with Gasteiger partial charge in [-0.15, -0.1) is 0 Å². The standard InChI is InChI=1S/C12H10F2N2O/c13-11-4-2-8(5-12(11)14)15-6-9-1-3-10(17)7-16-9/h1-5,7,15,17H,6H2. The smallest absolute Gasteiger partial charge is 0.160 e. The van der Waals surface area contributed by atoms with Crippen LogP contribution in [0.5, 0.6) is 5.75 Å². The lowest BCUT2D eigenvalue weighted by atomic mass is 10.3. The highest BCUT2D eigenvalue weighted by Crippen LogP contribution is 2.14. The van der Waals surface area contributed by atoms with Gasteiger partial charge in [-0.2, -0.15) is 0 Å². The van der Waals surface area contributed by atoms with E-state index in [1.165, 1.54) is 18.3 Å². The van der Waals surface area contributed by atoms with Crippen molar-refractivity contribution in [3.8, 4) is 5.75 Å². The van der Waals surface area contributed by atoms with Crippen molar-refractivity contribution in [2.75, 3.05) is 5.32 Å². The fourth-order valence-electron chi connectivity index (χ4n) is 1.32. The van der Waals surface area contributed by atoms with Crippen LogP contribution in [0.25, 0.3) is 0 Å². The molecular weight excluding hydrogens is 226 g/mol. The van der Waals surface area contributed by atoms with Gasteiger partial charge in [0.05, 0.1) is 18.4 Å². The number of rotatable bonds is 3. The number of anilines is 1. The third-order valence-corrected chi connectivity index (χ3v) is 2.20. The maximum Gasteiger partial charge on any atom is 0.160 e. The Hall–Kier alpha value is -2.17. The van der Waals surface area contributed by atoms with Gasteiger partial charge < -0.3 is 10.4 Å². The van der Waals surface area contributed by atoms with Crippen LogP contribution in [0.2, 0.25) is 0 Å². The molecule has 17 heavy (non-hydrogen) atoms. The highest BCUT2D eigenvalue weighted by molar-refractivity contribution is 5.43. The molecule has 2 rings (SSSR count). The monoisotopic (exact) mass is 236 g/mol. The summed E-state index contributed by atoms with van der Waals surface area (Å²) in [5.74, 6) is -1.69. The average molecular weight is 236 g/mol. The van der Waals surface area contributed by atoms with Crippen LogP contribution in [0.4, 0.5) is 14.5 Å². The Bertz CT molecular complexity index is 514. The number of halogens is 2. The van der Waals surface area contributed by atoms with Gasteiger partial charge in [-0.25, -0.2) is 8.78 Å². The van der Waals surface area contributed by atoms with E-state index >= 15 is 0 Å². The van der Waals surface area contributed by atoms with E-state index in [1.807, 2.05) is 0 Å². The summed E-state index contributed by atoms with van der Waals surface area (Å²) in [7, 11) is 0. The molecule has 0 amide bonds. The number of aromatic nitrogens is 1. The zero-order valence-electron chi connectivity index (χ0n) is 8.82. The first-order chi connectivity index (χ1) is 8.15. The molecule has 0 bridgehead atoms. The zero-order valence-corrected chi connectivity index (χ0v) is 8.82. The van der Waals surface area contributed by atoms with E-state index in [9.17, 15) is 8.78 Å². The maximum absolute atomic E-state index is 12.9. The lowest BCUT2D eigenvalue weighted by Crippen LogP contribution is -2.01. The molecule has 0 aliphatic heterocycles. The van der Waals surface area contributed by atoms with Crippen LogP contribution >= 0.6 is 0 Å².